The van der Waals surface area contributed by atoms with E-state index in [2.05, 4.69) is 43.1 Å². The summed E-state index contributed by atoms with van der Waals surface area (Å²) >= 11 is 0. The van der Waals surface area contributed by atoms with Crippen molar-refractivity contribution in [3.05, 3.63) is 28.4 Å². The molecule has 0 fully saturated rings. The fourth-order valence-corrected chi connectivity index (χ4v) is 1.46. The molecule has 1 aromatic rings. The van der Waals surface area contributed by atoms with Gasteiger partial charge in [-0.25, -0.2) is 0 Å². The molecule has 1 heteroatoms. The molecule has 62 valence electrons. The number of pyridine rings is 1. The average molecular weight is 159 g/mol. The fraction of sp³-hybridized carbons (Fsp3) is 0.364. The zero-order valence-corrected chi connectivity index (χ0v) is 7.54. The van der Waals surface area contributed by atoms with E-state index in [9.17, 15) is 0 Å². The molecule has 1 aliphatic carbocycles. The standard InChI is InChI=1S/C11H13N/c1-8(2)10-7-6-9-4-3-5-11(9)12-10/h4-8H,3H2,1-2H3. The van der Waals surface area contributed by atoms with Gasteiger partial charge >= 0.3 is 0 Å². The van der Waals surface area contributed by atoms with Crippen LogP contribution in [0.1, 0.15) is 31.9 Å². The fourth-order valence-electron chi connectivity index (χ4n) is 1.46. The number of hydrogen-bond donors (Lipinski definition) is 0. The largest absolute Gasteiger partial charge is 0.253 e. The zero-order chi connectivity index (χ0) is 8.55. The third-order valence-corrected chi connectivity index (χ3v) is 2.22. The van der Waals surface area contributed by atoms with Crippen LogP contribution in [0.3, 0.4) is 0 Å². The number of nitrogens with zero attached hydrogens (tertiary/aromatic N) is 1. The van der Waals surface area contributed by atoms with E-state index in [0.717, 1.165) is 6.42 Å². The zero-order valence-electron chi connectivity index (χ0n) is 7.54. The third-order valence-electron chi connectivity index (χ3n) is 2.22. The molecule has 0 spiro atoms. The van der Waals surface area contributed by atoms with Gasteiger partial charge in [-0.3, -0.25) is 4.98 Å². The van der Waals surface area contributed by atoms with Crippen LogP contribution in [-0.4, -0.2) is 4.98 Å². The third kappa shape index (κ3) is 1.15. The molecule has 0 saturated heterocycles. The maximum absolute atomic E-state index is 4.57. The van der Waals surface area contributed by atoms with Gasteiger partial charge in [0, 0.05) is 5.69 Å². The molecule has 12 heavy (non-hydrogen) atoms. The molecule has 0 radical (unpaired) electrons. The predicted octanol–water partition coefficient (Wildman–Crippen LogP) is 1.17. The van der Waals surface area contributed by atoms with E-state index in [0.29, 0.717) is 5.92 Å². The van der Waals surface area contributed by atoms with Gasteiger partial charge in [-0.2, -0.15) is 0 Å². The van der Waals surface area contributed by atoms with E-state index < -0.39 is 0 Å². The number of rotatable bonds is 1. The first-order chi connectivity index (χ1) is 5.77. The van der Waals surface area contributed by atoms with E-state index in [4.69, 9.17) is 0 Å². The van der Waals surface area contributed by atoms with Gasteiger partial charge in [0.05, 0.1) is 5.35 Å². The smallest absolute Gasteiger partial charge is 0.0665 e. The number of fused-ring (bicyclic) bond motifs is 1. The maximum Gasteiger partial charge on any atom is 0.0665 e. The molecule has 0 bridgehead atoms. The molecular weight excluding hydrogens is 146 g/mol. The van der Waals surface area contributed by atoms with Crippen molar-refractivity contribution in [3.63, 3.8) is 0 Å². The highest BCUT2D eigenvalue weighted by atomic mass is 14.7. The molecule has 0 amide bonds. The molecule has 1 aromatic heterocycles. The van der Waals surface area contributed by atoms with Crippen molar-refractivity contribution >= 4 is 12.2 Å². The summed E-state index contributed by atoms with van der Waals surface area (Å²) in [5.41, 5.74) is 1.19. The van der Waals surface area contributed by atoms with Crippen LogP contribution in [0, 0.1) is 0 Å². The lowest BCUT2D eigenvalue weighted by Crippen LogP contribution is -2.26. The molecule has 0 atom stereocenters. The van der Waals surface area contributed by atoms with Gasteiger partial charge in [0.15, 0.2) is 0 Å². The van der Waals surface area contributed by atoms with Crippen LogP contribution in [0.5, 0.6) is 0 Å². The van der Waals surface area contributed by atoms with E-state index in [1.807, 2.05) is 0 Å². The Morgan fingerprint density at radius 2 is 2.08 bits per heavy atom. The Kier molecular flexibility index (Phi) is 1.72. The van der Waals surface area contributed by atoms with E-state index in [-0.39, 0.29) is 0 Å². The molecule has 0 saturated carbocycles. The van der Waals surface area contributed by atoms with E-state index in [1.165, 1.54) is 16.3 Å². The summed E-state index contributed by atoms with van der Waals surface area (Å²) in [6.45, 7) is 4.35. The van der Waals surface area contributed by atoms with Crippen LogP contribution in [-0.2, 0) is 0 Å². The molecule has 1 aliphatic rings. The normalized spacial score (nSPS) is 13.9. The molecular formula is C11H13N. The number of aromatic nitrogens is 1. The van der Waals surface area contributed by atoms with Crippen molar-refractivity contribution in [2.24, 2.45) is 0 Å². The lowest BCUT2D eigenvalue weighted by molar-refractivity contribution is 0.815. The Hall–Kier alpha value is -1.11. The second-order valence-electron chi connectivity index (χ2n) is 3.51. The molecule has 2 rings (SSSR count). The van der Waals surface area contributed by atoms with Crippen molar-refractivity contribution in [2.75, 3.05) is 0 Å². The van der Waals surface area contributed by atoms with Gasteiger partial charge in [-0.05, 0) is 23.6 Å². The summed E-state index contributed by atoms with van der Waals surface area (Å²) in [5, 5.41) is 2.46. The summed E-state index contributed by atoms with van der Waals surface area (Å²) in [5.74, 6) is 0.532. The van der Waals surface area contributed by atoms with Gasteiger partial charge in [-0.1, -0.05) is 32.1 Å². The highest BCUT2D eigenvalue weighted by Gasteiger charge is 2.01. The Morgan fingerprint density at radius 1 is 1.25 bits per heavy atom. The molecule has 0 aromatic carbocycles. The minimum absolute atomic E-state index is 0.532. The summed E-state index contributed by atoms with van der Waals surface area (Å²) in [7, 11) is 0. The van der Waals surface area contributed by atoms with Gasteiger partial charge in [-0.15, -0.1) is 0 Å². The van der Waals surface area contributed by atoms with Gasteiger partial charge in [0.1, 0.15) is 0 Å². The maximum atomic E-state index is 4.57. The predicted molar refractivity (Wildman–Crippen MR) is 51.1 cm³/mol. The average Bonchev–Trinajstić information content (AvgIpc) is 2.49. The van der Waals surface area contributed by atoms with Crippen molar-refractivity contribution in [2.45, 2.75) is 26.2 Å². The van der Waals surface area contributed by atoms with Crippen molar-refractivity contribution in [1.82, 2.24) is 4.98 Å². The summed E-state index contributed by atoms with van der Waals surface area (Å²) in [6.07, 6.45) is 5.44. The van der Waals surface area contributed by atoms with Gasteiger partial charge < -0.3 is 0 Å². The highest BCUT2D eigenvalue weighted by Crippen LogP contribution is 2.07. The first kappa shape index (κ1) is 7.53. The minimum Gasteiger partial charge on any atom is -0.253 e. The molecule has 1 heterocycles. The Bertz CT molecular complexity index is 402. The van der Waals surface area contributed by atoms with Crippen LogP contribution in [0.15, 0.2) is 12.1 Å². The van der Waals surface area contributed by atoms with Crippen molar-refractivity contribution in [1.29, 1.82) is 0 Å². The molecule has 0 unspecified atom stereocenters. The SMILES string of the molecule is CC(C)c1ccc2c(n1)=CCC=2. The minimum atomic E-state index is 0.532. The van der Waals surface area contributed by atoms with Crippen LogP contribution >= 0.6 is 0 Å². The first-order valence-electron chi connectivity index (χ1n) is 4.45. The molecule has 1 nitrogen and oxygen atoms in total. The second-order valence-corrected chi connectivity index (χ2v) is 3.51. The molecule has 0 aliphatic heterocycles. The first-order valence-corrected chi connectivity index (χ1v) is 4.45. The van der Waals surface area contributed by atoms with Crippen LogP contribution < -0.4 is 10.6 Å². The van der Waals surface area contributed by atoms with Crippen LogP contribution in [0.4, 0.5) is 0 Å². The monoisotopic (exact) mass is 159 g/mol. The topological polar surface area (TPSA) is 12.9 Å². The second kappa shape index (κ2) is 2.74. The lowest BCUT2D eigenvalue weighted by Gasteiger charge is -2.01. The van der Waals surface area contributed by atoms with Gasteiger partial charge in [0.2, 0.25) is 0 Å². The van der Waals surface area contributed by atoms with Crippen molar-refractivity contribution in [3.8, 4) is 0 Å². The Balaban J connectivity index is 2.62. The van der Waals surface area contributed by atoms with E-state index in [1.54, 1.807) is 0 Å². The Morgan fingerprint density at radius 3 is 2.83 bits per heavy atom. The molecule has 0 N–H and O–H groups in total. The summed E-state index contributed by atoms with van der Waals surface area (Å²) in [6, 6.07) is 4.29. The lowest BCUT2D eigenvalue weighted by atomic mass is 10.1. The Labute approximate surface area is 72.5 Å². The van der Waals surface area contributed by atoms with Crippen molar-refractivity contribution < 1.29 is 0 Å². The van der Waals surface area contributed by atoms with Crippen LogP contribution in [0.2, 0.25) is 0 Å². The van der Waals surface area contributed by atoms with Crippen LogP contribution in [0.25, 0.3) is 12.2 Å². The van der Waals surface area contributed by atoms with E-state index >= 15 is 0 Å². The van der Waals surface area contributed by atoms with Gasteiger partial charge in [0.25, 0.3) is 0 Å². The highest BCUT2D eigenvalue weighted by molar-refractivity contribution is 5.44. The summed E-state index contributed by atoms with van der Waals surface area (Å²) in [4.78, 5) is 4.57. The summed E-state index contributed by atoms with van der Waals surface area (Å²) < 4.78 is 0. The number of hydrogen-bond acceptors (Lipinski definition) is 1. The quantitative estimate of drug-likeness (QED) is 0.599.